The van der Waals surface area contributed by atoms with E-state index in [1.165, 1.54) is 5.56 Å². The van der Waals surface area contributed by atoms with E-state index < -0.39 is 0 Å². The van der Waals surface area contributed by atoms with Gasteiger partial charge in [0.15, 0.2) is 0 Å². The van der Waals surface area contributed by atoms with E-state index >= 15 is 0 Å². The molecule has 100 valence electrons. The van der Waals surface area contributed by atoms with Crippen molar-refractivity contribution in [2.75, 3.05) is 13.7 Å². The van der Waals surface area contributed by atoms with E-state index in [9.17, 15) is 0 Å². The van der Waals surface area contributed by atoms with Crippen LogP contribution >= 0.6 is 0 Å². The van der Waals surface area contributed by atoms with Crippen LogP contribution in [0.15, 0.2) is 29.4 Å². The van der Waals surface area contributed by atoms with Gasteiger partial charge in [0.2, 0.25) is 0 Å². The van der Waals surface area contributed by atoms with E-state index in [2.05, 4.69) is 23.5 Å². The summed E-state index contributed by atoms with van der Waals surface area (Å²) in [5.74, 6) is 1.13. The molecule has 0 aromatic heterocycles. The molecule has 1 atom stereocenters. The van der Waals surface area contributed by atoms with Gasteiger partial charge in [-0.3, -0.25) is 0 Å². The van der Waals surface area contributed by atoms with Crippen LogP contribution in [0.3, 0.4) is 0 Å². The first-order valence-electron chi connectivity index (χ1n) is 6.01. The summed E-state index contributed by atoms with van der Waals surface area (Å²) in [6.45, 7) is 2.91. The molecule has 0 bridgehead atoms. The quantitative estimate of drug-likeness (QED) is 0.227. The van der Waals surface area contributed by atoms with Gasteiger partial charge >= 0.3 is 0 Å². The maximum absolute atomic E-state index is 8.41. The number of ether oxygens (including phenoxy) is 1. The van der Waals surface area contributed by atoms with Crippen LogP contribution in [0.2, 0.25) is 0 Å². The zero-order valence-electron chi connectivity index (χ0n) is 10.9. The molecular formula is C13H21N3O2. The summed E-state index contributed by atoms with van der Waals surface area (Å²) in [6.07, 6.45) is 1.43. The molecule has 0 saturated heterocycles. The largest absolute Gasteiger partial charge is 0.497 e. The van der Waals surface area contributed by atoms with Crippen LogP contribution in [0.5, 0.6) is 5.75 Å². The smallest absolute Gasteiger partial charge is 0.139 e. The Bertz CT molecular complexity index is 394. The molecule has 5 heteroatoms. The highest BCUT2D eigenvalue weighted by Crippen LogP contribution is 2.18. The lowest BCUT2D eigenvalue weighted by Gasteiger charge is -2.14. The maximum atomic E-state index is 8.41. The van der Waals surface area contributed by atoms with Gasteiger partial charge in [-0.2, -0.15) is 0 Å². The second kappa shape index (κ2) is 7.55. The average molecular weight is 251 g/mol. The normalized spacial score (nSPS) is 13.3. The third kappa shape index (κ3) is 4.63. The molecular weight excluding hydrogens is 230 g/mol. The summed E-state index contributed by atoms with van der Waals surface area (Å²) < 4.78 is 5.19. The van der Waals surface area contributed by atoms with Crippen LogP contribution in [0.1, 0.15) is 31.4 Å². The monoisotopic (exact) mass is 251 g/mol. The highest BCUT2D eigenvalue weighted by Gasteiger charge is 2.05. The van der Waals surface area contributed by atoms with Crippen molar-refractivity contribution in [1.82, 2.24) is 5.32 Å². The Hall–Kier alpha value is -1.75. The first-order valence-corrected chi connectivity index (χ1v) is 6.01. The molecule has 1 aromatic carbocycles. The summed E-state index contributed by atoms with van der Waals surface area (Å²) in [6, 6.07) is 8.22. The second-order valence-corrected chi connectivity index (χ2v) is 4.15. The van der Waals surface area contributed by atoms with Crippen molar-refractivity contribution in [2.45, 2.75) is 25.8 Å². The fourth-order valence-electron chi connectivity index (χ4n) is 1.67. The zero-order chi connectivity index (χ0) is 13.4. The van der Waals surface area contributed by atoms with Crippen LogP contribution in [-0.4, -0.2) is 24.7 Å². The number of hydrogen-bond acceptors (Lipinski definition) is 4. The molecule has 5 nitrogen and oxygen atoms in total. The number of oxime groups is 1. The molecule has 1 aromatic rings. The van der Waals surface area contributed by atoms with E-state index in [0.717, 1.165) is 18.7 Å². The van der Waals surface area contributed by atoms with Gasteiger partial charge in [0.1, 0.15) is 11.6 Å². The Morgan fingerprint density at radius 2 is 2.33 bits per heavy atom. The Morgan fingerprint density at radius 3 is 3.00 bits per heavy atom. The maximum Gasteiger partial charge on any atom is 0.139 e. The summed E-state index contributed by atoms with van der Waals surface area (Å²) in [7, 11) is 1.66. The number of hydrogen-bond donors (Lipinski definition) is 3. The molecule has 0 radical (unpaired) electrons. The molecule has 0 saturated carbocycles. The summed E-state index contributed by atoms with van der Waals surface area (Å²) in [4.78, 5) is 0. The van der Waals surface area contributed by atoms with Crippen molar-refractivity contribution in [3.05, 3.63) is 29.8 Å². The Morgan fingerprint density at radius 1 is 1.56 bits per heavy atom. The number of nitrogens with one attached hydrogen (secondary N) is 1. The summed E-state index contributed by atoms with van der Waals surface area (Å²) in [5.41, 5.74) is 6.57. The standard InChI is InChI=1S/C13H21N3O2/c1-10(15-8-4-7-13(14)16-17)11-5-3-6-12(9-11)18-2/h3,5-6,9-10,15,17H,4,7-8H2,1-2H3,(H2,14,16)/t10-/m0/s1. The third-order valence-corrected chi connectivity index (χ3v) is 2.78. The molecule has 0 amide bonds. The van der Waals surface area contributed by atoms with Gasteiger partial charge in [-0.1, -0.05) is 17.3 Å². The Labute approximate surface area is 108 Å². The van der Waals surface area contributed by atoms with Gasteiger partial charge in [-0.15, -0.1) is 0 Å². The van der Waals surface area contributed by atoms with Crippen LogP contribution in [0.25, 0.3) is 0 Å². The average Bonchev–Trinajstić information content (AvgIpc) is 2.43. The number of benzene rings is 1. The van der Waals surface area contributed by atoms with E-state index in [-0.39, 0.29) is 11.9 Å². The first kappa shape index (κ1) is 14.3. The predicted molar refractivity (Wildman–Crippen MR) is 72.1 cm³/mol. The minimum atomic E-state index is 0.243. The predicted octanol–water partition coefficient (Wildman–Crippen LogP) is 1.87. The van der Waals surface area contributed by atoms with Gasteiger partial charge in [-0.05, 0) is 37.6 Å². The Balaban J connectivity index is 2.38. The van der Waals surface area contributed by atoms with Crippen LogP contribution < -0.4 is 15.8 Å². The summed E-state index contributed by atoms with van der Waals surface area (Å²) in [5, 5.41) is 14.7. The van der Waals surface area contributed by atoms with Crippen LogP contribution in [-0.2, 0) is 0 Å². The third-order valence-electron chi connectivity index (χ3n) is 2.78. The second-order valence-electron chi connectivity index (χ2n) is 4.15. The SMILES string of the molecule is COc1cccc([C@H](C)NCCC/C(N)=N/O)c1. The number of rotatable bonds is 7. The van der Waals surface area contributed by atoms with Gasteiger partial charge in [0.25, 0.3) is 0 Å². The molecule has 18 heavy (non-hydrogen) atoms. The molecule has 0 aliphatic carbocycles. The topological polar surface area (TPSA) is 79.9 Å². The van der Waals surface area contributed by atoms with Crippen molar-refractivity contribution in [2.24, 2.45) is 10.9 Å². The van der Waals surface area contributed by atoms with Gasteiger partial charge < -0.3 is 21.0 Å². The fourth-order valence-corrected chi connectivity index (χ4v) is 1.67. The molecule has 0 aliphatic rings. The lowest BCUT2D eigenvalue weighted by Crippen LogP contribution is -2.21. The summed E-state index contributed by atoms with van der Waals surface area (Å²) >= 11 is 0. The van der Waals surface area contributed by atoms with Crippen molar-refractivity contribution in [3.8, 4) is 5.75 Å². The zero-order valence-corrected chi connectivity index (χ0v) is 10.9. The Kier molecular flexibility index (Phi) is 6.00. The molecule has 0 heterocycles. The van der Waals surface area contributed by atoms with Gasteiger partial charge in [-0.25, -0.2) is 0 Å². The minimum absolute atomic E-state index is 0.243. The number of nitrogens with two attached hydrogens (primary N) is 1. The molecule has 0 fully saturated rings. The molecule has 0 spiro atoms. The van der Waals surface area contributed by atoms with Crippen LogP contribution in [0.4, 0.5) is 0 Å². The van der Waals surface area contributed by atoms with E-state index in [0.29, 0.717) is 6.42 Å². The van der Waals surface area contributed by atoms with Crippen LogP contribution in [0, 0.1) is 0 Å². The van der Waals surface area contributed by atoms with Crippen molar-refractivity contribution in [3.63, 3.8) is 0 Å². The van der Waals surface area contributed by atoms with E-state index in [1.807, 2.05) is 18.2 Å². The molecule has 1 rings (SSSR count). The highest BCUT2D eigenvalue weighted by atomic mass is 16.5. The minimum Gasteiger partial charge on any atom is -0.497 e. The molecule has 0 aliphatic heterocycles. The van der Waals surface area contributed by atoms with Crippen molar-refractivity contribution < 1.29 is 9.94 Å². The molecule has 0 unspecified atom stereocenters. The van der Waals surface area contributed by atoms with Gasteiger partial charge in [0.05, 0.1) is 7.11 Å². The number of nitrogens with zero attached hydrogens (tertiary/aromatic N) is 1. The first-order chi connectivity index (χ1) is 8.67. The number of amidine groups is 1. The fraction of sp³-hybridized carbons (Fsp3) is 0.462. The van der Waals surface area contributed by atoms with Gasteiger partial charge in [0, 0.05) is 12.5 Å². The van der Waals surface area contributed by atoms with E-state index in [1.54, 1.807) is 7.11 Å². The van der Waals surface area contributed by atoms with Crippen molar-refractivity contribution in [1.29, 1.82) is 0 Å². The lowest BCUT2D eigenvalue weighted by molar-refractivity contribution is 0.316. The highest BCUT2D eigenvalue weighted by molar-refractivity contribution is 5.79. The number of methoxy groups -OCH3 is 1. The lowest BCUT2D eigenvalue weighted by atomic mass is 10.1. The van der Waals surface area contributed by atoms with Crippen molar-refractivity contribution >= 4 is 5.84 Å². The molecule has 4 N–H and O–H groups in total. The van der Waals surface area contributed by atoms with E-state index in [4.69, 9.17) is 15.7 Å².